The van der Waals surface area contributed by atoms with Crippen molar-refractivity contribution in [2.24, 2.45) is 0 Å². The first kappa shape index (κ1) is 20.5. The summed E-state index contributed by atoms with van der Waals surface area (Å²) in [5, 5.41) is 13.3. The third-order valence-corrected chi connectivity index (χ3v) is 4.80. The van der Waals surface area contributed by atoms with Gasteiger partial charge in [-0.25, -0.2) is 4.79 Å². The number of hydrogen-bond donors (Lipinski definition) is 1. The lowest BCUT2D eigenvalue weighted by molar-refractivity contribution is 0.0652. The molecule has 156 valence electrons. The predicted octanol–water partition coefficient (Wildman–Crippen LogP) is 5.85. The highest BCUT2D eigenvalue weighted by molar-refractivity contribution is 6.32. The number of nitrogens with zero attached hydrogens (tertiary/aromatic N) is 1. The molecule has 0 aliphatic heterocycles. The van der Waals surface area contributed by atoms with E-state index >= 15 is 0 Å². The number of benzene rings is 3. The van der Waals surface area contributed by atoms with Gasteiger partial charge in [0, 0.05) is 17.7 Å². The molecule has 0 saturated heterocycles. The molecule has 0 bridgehead atoms. The van der Waals surface area contributed by atoms with Crippen LogP contribution in [-0.4, -0.2) is 16.2 Å². The Bertz CT molecular complexity index is 1180. The number of ether oxygens (including phenoxy) is 2. The highest BCUT2D eigenvalue weighted by atomic mass is 35.5. The molecule has 1 N–H and O–H groups in total. The van der Waals surface area contributed by atoms with Crippen LogP contribution < -0.4 is 9.47 Å². The largest absolute Gasteiger partial charge is 0.488 e. The molecule has 0 unspecified atom stereocenters. The Hall–Kier alpha value is -3.77. The molecule has 0 aliphatic rings. The van der Waals surface area contributed by atoms with E-state index in [4.69, 9.17) is 30.7 Å². The second kappa shape index (κ2) is 9.36. The lowest BCUT2D eigenvalue weighted by Gasteiger charge is -2.14. The van der Waals surface area contributed by atoms with Crippen molar-refractivity contribution in [1.29, 1.82) is 0 Å². The molecule has 0 fully saturated rings. The number of carboxylic acids is 1. The van der Waals surface area contributed by atoms with Crippen LogP contribution in [0.3, 0.4) is 0 Å². The minimum Gasteiger partial charge on any atom is -0.488 e. The second-order valence-electron chi connectivity index (χ2n) is 6.71. The van der Waals surface area contributed by atoms with E-state index in [1.54, 1.807) is 12.1 Å². The molecule has 4 aromatic rings. The van der Waals surface area contributed by atoms with Crippen molar-refractivity contribution in [2.75, 3.05) is 0 Å². The predicted molar refractivity (Wildman–Crippen MR) is 115 cm³/mol. The molecule has 0 radical (unpaired) electrons. The molecule has 6 nitrogen and oxygen atoms in total. The average molecular weight is 436 g/mol. The summed E-state index contributed by atoms with van der Waals surface area (Å²) in [6, 6.07) is 24.0. The number of hydrogen-bond acceptors (Lipinski definition) is 5. The second-order valence-corrected chi connectivity index (χ2v) is 7.12. The summed E-state index contributed by atoms with van der Waals surface area (Å²) >= 11 is 6.45. The molecule has 0 amide bonds. The fourth-order valence-corrected chi connectivity index (χ4v) is 3.16. The normalized spacial score (nSPS) is 10.6. The Morgan fingerprint density at radius 3 is 2.00 bits per heavy atom. The van der Waals surface area contributed by atoms with Crippen LogP contribution in [0.5, 0.6) is 11.5 Å². The van der Waals surface area contributed by atoms with Crippen LogP contribution in [0.1, 0.15) is 21.7 Å². The zero-order valence-corrected chi connectivity index (χ0v) is 17.1. The smallest absolute Gasteiger partial charge is 0.374 e. The molecular formula is C24H18ClNO5. The maximum atomic E-state index is 11.2. The lowest BCUT2D eigenvalue weighted by Crippen LogP contribution is -2.00. The fraction of sp³-hybridized carbons (Fsp3) is 0.0833. The van der Waals surface area contributed by atoms with Crippen LogP contribution in [0, 0.1) is 0 Å². The first-order valence-corrected chi connectivity index (χ1v) is 9.85. The highest BCUT2D eigenvalue weighted by Crippen LogP contribution is 2.39. The minimum absolute atomic E-state index is 0.274. The maximum absolute atomic E-state index is 11.2. The van der Waals surface area contributed by atoms with E-state index in [1.807, 2.05) is 60.7 Å². The summed E-state index contributed by atoms with van der Waals surface area (Å²) in [5.41, 5.74) is 2.78. The lowest BCUT2D eigenvalue weighted by atomic mass is 10.1. The van der Waals surface area contributed by atoms with Crippen LogP contribution in [-0.2, 0) is 13.2 Å². The molecule has 0 saturated carbocycles. The summed E-state index contributed by atoms with van der Waals surface area (Å²) in [4.78, 5) is 11.2. The number of carboxylic acid groups (broad SMARTS) is 1. The zero-order chi connectivity index (χ0) is 21.6. The van der Waals surface area contributed by atoms with E-state index < -0.39 is 5.97 Å². The van der Waals surface area contributed by atoms with Gasteiger partial charge in [-0.15, -0.1) is 0 Å². The van der Waals surface area contributed by atoms with E-state index in [1.165, 1.54) is 6.07 Å². The van der Waals surface area contributed by atoms with E-state index in [9.17, 15) is 4.79 Å². The Morgan fingerprint density at radius 1 is 0.871 bits per heavy atom. The topological polar surface area (TPSA) is 81.8 Å². The van der Waals surface area contributed by atoms with Gasteiger partial charge in [0.1, 0.15) is 30.4 Å². The van der Waals surface area contributed by atoms with Gasteiger partial charge in [0.25, 0.3) is 0 Å². The Balaban J connectivity index is 1.65. The molecule has 31 heavy (non-hydrogen) atoms. The monoisotopic (exact) mass is 435 g/mol. The fourth-order valence-electron chi connectivity index (χ4n) is 2.94. The number of rotatable bonds is 8. The van der Waals surface area contributed by atoms with Gasteiger partial charge in [-0.2, -0.15) is 0 Å². The zero-order valence-electron chi connectivity index (χ0n) is 16.3. The number of aromatic nitrogens is 1. The SMILES string of the molecule is O=C(O)c1cc(-c2cc(Cl)c(OCc3ccccc3)cc2OCc2ccccc2)no1. The summed E-state index contributed by atoms with van der Waals surface area (Å²) in [6.45, 7) is 0.641. The van der Waals surface area contributed by atoms with E-state index in [2.05, 4.69) is 5.16 Å². The van der Waals surface area contributed by atoms with Gasteiger partial charge in [0.05, 0.1) is 5.02 Å². The van der Waals surface area contributed by atoms with Crippen molar-refractivity contribution >= 4 is 17.6 Å². The average Bonchev–Trinajstić information content (AvgIpc) is 3.29. The van der Waals surface area contributed by atoms with Crippen LogP contribution in [0.2, 0.25) is 5.02 Å². The molecule has 7 heteroatoms. The van der Waals surface area contributed by atoms with Gasteiger partial charge >= 0.3 is 5.97 Å². The van der Waals surface area contributed by atoms with Gasteiger partial charge < -0.3 is 19.1 Å². The summed E-state index contributed by atoms with van der Waals surface area (Å²) in [7, 11) is 0. The third-order valence-electron chi connectivity index (χ3n) is 4.51. The molecule has 0 atom stereocenters. The number of aromatic carboxylic acids is 1. The van der Waals surface area contributed by atoms with Crippen molar-refractivity contribution in [3.8, 4) is 22.8 Å². The van der Waals surface area contributed by atoms with Gasteiger partial charge in [-0.1, -0.05) is 77.4 Å². The van der Waals surface area contributed by atoms with E-state index in [0.717, 1.165) is 11.1 Å². The van der Waals surface area contributed by atoms with Gasteiger partial charge in [-0.3, -0.25) is 0 Å². The maximum Gasteiger partial charge on any atom is 0.374 e. The number of halogens is 1. The van der Waals surface area contributed by atoms with Crippen molar-refractivity contribution in [3.05, 3.63) is 101 Å². The molecule has 4 rings (SSSR count). The number of carbonyl (C=O) groups is 1. The molecule has 1 aromatic heterocycles. The standard InChI is InChI=1S/C24H18ClNO5/c25-19-11-18(20-12-23(24(27)28)31-26-20)21(29-14-16-7-3-1-4-8-16)13-22(19)30-15-17-9-5-2-6-10-17/h1-13H,14-15H2,(H,27,28). The van der Waals surface area contributed by atoms with Crippen molar-refractivity contribution in [2.45, 2.75) is 13.2 Å². The summed E-state index contributed by atoms with van der Waals surface area (Å²) < 4.78 is 16.8. The van der Waals surface area contributed by atoms with Crippen LogP contribution >= 0.6 is 11.6 Å². The molecule has 0 spiro atoms. The Morgan fingerprint density at radius 2 is 1.45 bits per heavy atom. The van der Waals surface area contributed by atoms with Gasteiger partial charge in [0.2, 0.25) is 5.76 Å². The third kappa shape index (κ3) is 5.05. The summed E-state index contributed by atoms with van der Waals surface area (Å²) in [6.07, 6.45) is 0. The van der Waals surface area contributed by atoms with Gasteiger partial charge in [0.15, 0.2) is 0 Å². The van der Waals surface area contributed by atoms with Crippen molar-refractivity contribution < 1.29 is 23.9 Å². The quantitative estimate of drug-likeness (QED) is 0.373. The van der Waals surface area contributed by atoms with Crippen molar-refractivity contribution in [1.82, 2.24) is 5.16 Å². The molecular weight excluding hydrogens is 418 g/mol. The van der Waals surface area contributed by atoms with E-state index in [-0.39, 0.29) is 5.76 Å². The minimum atomic E-state index is -1.21. The van der Waals surface area contributed by atoms with E-state index in [0.29, 0.717) is 41.0 Å². The van der Waals surface area contributed by atoms with Crippen LogP contribution in [0.4, 0.5) is 0 Å². The summed E-state index contributed by atoms with van der Waals surface area (Å²) in [5.74, 6) is -0.593. The van der Waals surface area contributed by atoms with Crippen molar-refractivity contribution in [3.63, 3.8) is 0 Å². The molecule has 3 aromatic carbocycles. The Labute approximate surface area is 183 Å². The molecule has 0 aliphatic carbocycles. The van der Waals surface area contributed by atoms with Gasteiger partial charge in [-0.05, 0) is 17.2 Å². The molecule has 1 heterocycles. The first-order chi connectivity index (χ1) is 15.1. The first-order valence-electron chi connectivity index (χ1n) is 9.47. The highest BCUT2D eigenvalue weighted by Gasteiger charge is 2.19. The Kier molecular flexibility index (Phi) is 6.19. The van der Waals surface area contributed by atoms with Crippen LogP contribution in [0.15, 0.2) is 83.4 Å². The van der Waals surface area contributed by atoms with Crippen LogP contribution in [0.25, 0.3) is 11.3 Å².